The summed E-state index contributed by atoms with van der Waals surface area (Å²) in [6.07, 6.45) is -1.46. The van der Waals surface area contributed by atoms with E-state index in [-0.39, 0.29) is 25.5 Å². The van der Waals surface area contributed by atoms with E-state index in [1.54, 1.807) is 0 Å². The average molecular weight is 251 g/mol. The SMILES string of the molecule is O=C(CCOCC(F)F)NCC1(C(=O)O)CC1. The van der Waals surface area contributed by atoms with Crippen molar-refractivity contribution in [2.24, 2.45) is 5.41 Å². The van der Waals surface area contributed by atoms with Gasteiger partial charge in [0.2, 0.25) is 5.91 Å². The average Bonchev–Trinajstić information content (AvgIpc) is 3.02. The number of amides is 1. The van der Waals surface area contributed by atoms with Gasteiger partial charge in [-0.2, -0.15) is 0 Å². The van der Waals surface area contributed by atoms with Crippen LogP contribution in [0.2, 0.25) is 0 Å². The molecule has 2 N–H and O–H groups in total. The van der Waals surface area contributed by atoms with Gasteiger partial charge in [-0.1, -0.05) is 0 Å². The van der Waals surface area contributed by atoms with Crippen molar-refractivity contribution in [2.75, 3.05) is 19.8 Å². The molecule has 98 valence electrons. The Labute approximate surface area is 97.1 Å². The lowest BCUT2D eigenvalue weighted by Crippen LogP contribution is -2.34. The zero-order valence-corrected chi connectivity index (χ0v) is 9.25. The second-order valence-corrected chi connectivity index (χ2v) is 4.08. The van der Waals surface area contributed by atoms with Crippen LogP contribution in [0.5, 0.6) is 0 Å². The molecule has 5 nitrogen and oxygen atoms in total. The Morgan fingerprint density at radius 3 is 2.53 bits per heavy atom. The molecule has 0 aliphatic heterocycles. The summed E-state index contributed by atoms with van der Waals surface area (Å²) in [5.74, 6) is -1.29. The first kappa shape index (κ1) is 13.8. The fourth-order valence-electron chi connectivity index (χ4n) is 1.31. The second-order valence-electron chi connectivity index (χ2n) is 4.08. The number of halogens is 2. The lowest BCUT2D eigenvalue weighted by molar-refractivity contribution is -0.143. The fourth-order valence-corrected chi connectivity index (χ4v) is 1.31. The first-order chi connectivity index (χ1) is 7.96. The maximum Gasteiger partial charge on any atom is 0.311 e. The summed E-state index contributed by atoms with van der Waals surface area (Å²) in [5, 5.41) is 11.3. The van der Waals surface area contributed by atoms with E-state index in [1.807, 2.05) is 0 Å². The first-order valence-electron chi connectivity index (χ1n) is 5.32. The minimum Gasteiger partial charge on any atom is -0.481 e. The number of carboxylic acids is 1. The first-order valence-corrected chi connectivity index (χ1v) is 5.32. The standard InChI is InChI=1S/C10H15F2NO4/c11-7(12)5-17-4-1-8(14)13-6-10(2-3-10)9(15)16/h7H,1-6H2,(H,13,14)(H,15,16). The molecule has 0 saturated heterocycles. The third-order valence-corrected chi connectivity index (χ3v) is 2.65. The predicted octanol–water partition coefficient (Wildman–Crippen LogP) is 0.639. The van der Waals surface area contributed by atoms with Crippen LogP contribution in [0.15, 0.2) is 0 Å². The molecule has 1 fully saturated rings. The molecule has 0 heterocycles. The normalized spacial score (nSPS) is 16.9. The molecule has 7 heteroatoms. The molecule has 0 radical (unpaired) electrons. The molecule has 0 bridgehead atoms. The molecule has 1 rings (SSSR count). The van der Waals surface area contributed by atoms with Crippen LogP contribution in [0.3, 0.4) is 0 Å². The number of alkyl halides is 2. The van der Waals surface area contributed by atoms with Crippen LogP contribution in [0.1, 0.15) is 19.3 Å². The third-order valence-electron chi connectivity index (χ3n) is 2.65. The number of ether oxygens (including phenoxy) is 1. The summed E-state index contributed by atoms with van der Waals surface area (Å²) < 4.78 is 27.9. The molecule has 0 spiro atoms. The molecule has 1 aliphatic carbocycles. The zero-order chi connectivity index (χ0) is 12.9. The van der Waals surface area contributed by atoms with Crippen LogP contribution in [0.4, 0.5) is 8.78 Å². The Kier molecular flexibility index (Phi) is 4.80. The van der Waals surface area contributed by atoms with Crippen molar-refractivity contribution in [2.45, 2.75) is 25.7 Å². The van der Waals surface area contributed by atoms with Gasteiger partial charge in [0.05, 0.1) is 12.0 Å². The largest absolute Gasteiger partial charge is 0.481 e. The smallest absolute Gasteiger partial charge is 0.311 e. The van der Waals surface area contributed by atoms with Gasteiger partial charge in [-0.25, -0.2) is 8.78 Å². The van der Waals surface area contributed by atoms with Crippen LogP contribution >= 0.6 is 0 Å². The molecule has 1 amide bonds. The van der Waals surface area contributed by atoms with Crippen molar-refractivity contribution >= 4 is 11.9 Å². The van der Waals surface area contributed by atoms with Gasteiger partial charge in [-0.3, -0.25) is 9.59 Å². The molecule has 0 aromatic heterocycles. The van der Waals surface area contributed by atoms with E-state index < -0.39 is 24.4 Å². The van der Waals surface area contributed by atoms with Crippen LogP contribution in [-0.2, 0) is 14.3 Å². The zero-order valence-electron chi connectivity index (χ0n) is 9.25. The van der Waals surface area contributed by atoms with Crippen molar-refractivity contribution in [1.29, 1.82) is 0 Å². The molecule has 17 heavy (non-hydrogen) atoms. The highest BCUT2D eigenvalue weighted by Crippen LogP contribution is 2.45. The lowest BCUT2D eigenvalue weighted by atomic mass is 10.1. The molecule has 0 aromatic rings. The molecule has 1 saturated carbocycles. The van der Waals surface area contributed by atoms with Crippen molar-refractivity contribution in [3.63, 3.8) is 0 Å². The van der Waals surface area contributed by atoms with E-state index >= 15 is 0 Å². The summed E-state index contributed by atoms with van der Waals surface area (Å²) >= 11 is 0. The van der Waals surface area contributed by atoms with Crippen molar-refractivity contribution in [1.82, 2.24) is 5.32 Å². The van der Waals surface area contributed by atoms with Crippen LogP contribution in [0.25, 0.3) is 0 Å². The van der Waals surface area contributed by atoms with Gasteiger partial charge >= 0.3 is 5.97 Å². The molecule has 0 unspecified atom stereocenters. The van der Waals surface area contributed by atoms with Gasteiger partial charge in [0.15, 0.2) is 0 Å². The van der Waals surface area contributed by atoms with Gasteiger partial charge in [0, 0.05) is 13.0 Å². The number of carboxylic acid groups (broad SMARTS) is 1. The van der Waals surface area contributed by atoms with E-state index in [2.05, 4.69) is 10.1 Å². The van der Waals surface area contributed by atoms with Crippen LogP contribution in [-0.4, -0.2) is 43.2 Å². The number of rotatable bonds is 8. The highest BCUT2D eigenvalue weighted by atomic mass is 19.3. The Balaban J connectivity index is 2.08. The lowest BCUT2D eigenvalue weighted by Gasteiger charge is -2.11. The van der Waals surface area contributed by atoms with E-state index in [0.717, 1.165) is 0 Å². The maximum atomic E-state index is 11.7. The molecular formula is C10H15F2NO4. The van der Waals surface area contributed by atoms with Crippen LogP contribution in [0, 0.1) is 5.41 Å². The number of hydrogen-bond donors (Lipinski definition) is 2. The summed E-state index contributed by atoms with van der Waals surface area (Å²) in [6.45, 7) is -0.682. The molecule has 0 atom stereocenters. The van der Waals surface area contributed by atoms with Gasteiger partial charge in [0.1, 0.15) is 6.61 Å². The number of carbonyl (C=O) groups is 2. The van der Waals surface area contributed by atoms with Crippen LogP contribution < -0.4 is 5.32 Å². The molecular weight excluding hydrogens is 236 g/mol. The molecule has 1 aliphatic rings. The van der Waals surface area contributed by atoms with Crippen molar-refractivity contribution < 1.29 is 28.2 Å². The molecule has 0 aromatic carbocycles. The van der Waals surface area contributed by atoms with Gasteiger partial charge in [-0.15, -0.1) is 0 Å². The van der Waals surface area contributed by atoms with Crippen molar-refractivity contribution in [3.05, 3.63) is 0 Å². The van der Waals surface area contributed by atoms with Crippen molar-refractivity contribution in [3.8, 4) is 0 Å². The van der Waals surface area contributed by atoms with E-state index in [0.29, 0.717) is 12.8 Å². The summed E-state index contributed by atoms with van der Waals surface area (Å²) in [6, 6.07) is 0. The highest BCUT2D eigenvalue weighted by molar-refractivity contribution is 5.80. The highest BCUT2D eigenvalue weighted by Gasteiger charge is 2.50. The Morgan fingerprint density at radius 2 is 2.06 bits per heavy atom. The number of carbonyl (C=O) groups excluding carboxylic acids is 1. The Hall–Kier alpha value is -1.24. The summed E-state index contributed by atoms with van der Waals surface area (Å²) in [7, 11) is 0. The second kappa shape index (κ2) is 5.90. The number of hydrogen-bond acceptors (Lipinski definition) is 3. The Morgan fingerprint density at radius 1 is 1.41 bits per heavy atom. The quantitative estimate of drug-likeness (QED) is 0.621. The van der Waals surface area contributed by atoms with Gasteiger partial charge in [-0.05, 0) is 12.8 Å². The van der Waals surface area contributed by atoms with Gasteiger partial charge in [0.25, 0.3) is 6.43 Å². The monoisotopic (exact) mass is 251 g/mol. The predicted molar refractivity (Wildman–Crippen MR) is 53.8 cm³/mol. The van der Waals surface area contributed by atoms with Gasteiger partial charge < -0.3 is 15.2 Å². The third kappa shape index (κ3) is 4.64. The minimum atomic E-state index is -2.54. The summed E-state index contributed by atoms with van der Waals surface area (Å²) in [5.41, 5.74) is -0.806. The number of nitrogens with one attached hydrogen (secondary N) is 1. The minimum absolute atomic E-state index is 0.0393. The van der Waals surface area contributed by atoms with E-state index in [4.69, 9.17) is 5.11 Å². The number of aliphatic carboxylic acids is 1. The Bertz CT molecular complexity index is 292. The maximum absolute atomic E-state index is 11.7. The fraction of sp³-hybridized carbons (Fsp3) is 0.800. The summed E-state index contributed by atoms with van der Waals surface area (Å²) in [4.78, 5) is 22.0. The van der Waals surface area contributed by atoms with E-state index in [9.17, 15) is 18.4 Å². The topological polar surface area (TPSA) is 75.6 Å². The van der Waals surface area contributed by atoms with E-state index in [1.165, 1.54) is 0 Å².